The van der Waals surface area contributed by atoms with Gasteiger partial charge in [0, 0.05) is 31.2 Å². The quantitative estimate of drug-likeness (QED) is 0.203. The van der Waals surface area contributed by atoms with E-state index >= 15 is 0 Å². The van der Waals surface area contributed by atoms with Gasteiger partial charge in [-0.2, -0.15) is 0 Å². The fraction of sp³-hybridized carbons (Fsp3) is 0.424. The molecule has 5 rings (SSSR count). The highest BCUT2D eigenvalue weighted by Crippen LogP contribution is 2.40. The lowest BCUT2D eigenvalue weighted by Gasteiger charge is -2.39. The molecule has 0 bridgehead atoms. The van der Waals surface area contributed by atoms with E-state index in [4.69, 9.17) is 19.2 Å². The van der Waals surface area contributed by atoms with E-state index in [9.17, 15) is 0 Å². The number of hydrogen-bond acceptors (Lipinski definition) is 8. The lowest BCUT2D eigenvalue weighted by Crippen LogP contribution is -2.45. The fourth-order valence-electron chi connectivity index (χ4n) is 5.83. The highest BCUT2D eigenvalue weighted by Gasteiger charge is 2.25. The van der Waals surface area contributed by atoms with Gasteiger partial charge in [-0.25, -0.2) is 4.98 Å². The number of anilines is 2. The van der Waals surface area contributed by atoms with Crippen molar-refractivity contribution in [2.75, 3.05) is 57.7 Å². The van der Waals surface area contributed by atoms with E-state index in [2.05, 4.69) is 72.3 Å². The molecule has 8 heteroatoms. The summed E-state index contributed by atoms with van der Waals surface area (Å²) in [6.07, 6.45) is 2.34. The van der Waals surface area contributed by atoms with Crippen molar-refractivity contribution in [3.63, 3.8) is 0 Å². The normalized spacial score (nSPS) is 14.1. The summed E-state index contributed by atoms with van der Waals surface area (Å²) in [5.41, 5.74) is 6.80. The summed E-state index contributed by atoms with van der Waals surface area (Å²) in [6.45, 7) is 11.6. The van der Waals surface area contributed by atoms with Gasteiger partial charge >= 0.3 is 0 Å². The van der Waals surface area contributed by atoms with Gasteiger partial charge in [-0.1, -0.05) is 43.7 Å². The van der Waals surface area contributed by atoms with Crippen molar-refractivity contribution in [1.29, 1.82) is 0 Å². The van der Waals surface area contributed by atoms with Crippen molar-refractivity contribution in [2.24, 2.45) is 0 Å². The first-order valence-corrected chi connectivity index (χ1v) is 15.3. The number of nitrogens with one attached hydrogen (secondary N) is 1. The monoisotopic (exact) mass is 574 g/mol. The molecule has 1 N–H and O–H groups in total. The molecule has 7 nitrogen and oxygen atoms in total. The number of methoxy groups -OCH3 is 3. The zero-order valence-electron chi connectivity index (χ0n) is 25.1. The molecule has 0 amide bonds. The Morgan fingerprint density at radius 3 is 2.17 bits per heavy atom. The SMILES string of the molecule is CCN(CC)C1CCN(c2cc3sc(-c4ccc(C)cc4)nc3cc2NCc2cc(OC)c(OC)c(OC)c2)CC1. The molecule has 1 aliphatic rings. The Balaban J connectivity index is 1.47. The Morgan fingerprint density at radius 2 is 1.59 bits per heavy atom. The lowest BCUT2D eigenvalue weighted by molar-refractivity contribution is 0.186. The first kappa shape index (κ1) is 29.0. The summed E-state index contributed by atoms with van der Waals surface area (Å²) in [5.74, 6) is 1.91. The average molecular weight is 575 g/mol. The molecule has 0 atom stereocenters. The summed E-state index contributed by atoms with van der Waals surface area (Å²) in [4.78, 5) is 10.2. The molecule has 2 heterocycles. The van der Waals surface area contributed by atoms with Crippen molar-refractivity contribution < 1.29 is 14.2 Å². The molecule has 1 aromatic heterocycles. The van der Waals surface area contributed by atoms with E-state index < -0.39 is 0 Å². The van der Waals surface area contributed by atoms with E-state index in [-0.39, 0.29) is 0 Å². The lowest BCUT2D eigenvalue weighted by atomic mass is 10.0. The van der Waals surface area contributed by atoms with Crippen molar-refractivity contribution in [3.05, 3.63) is 59.7 Å². The highest BCUT2D eigenvalue weighted by atomic mass is 32.1. The number of piperidine rings is 1. The summed E-state index contributed by atoms with van der Waals surface area (Å²) in [5, 5.41) is 4.78. The molecule has 0 radical (unpaired) electrons. The van der Waals surface area contributed by atoms with Gasteiger partial charge in [-0.05, 0) is 62.7 Å². The maximum Gasteiger partial charge on any atom is 0.203 e. The number of aromatic nitrogens is 1. The number of hydrogen-bond donors (Lipinski definition) is 1. The fourth-order valence-corrected chi connectivity index (χ4v) is 6.82. The predicted octanol–water partition coefficient (Wildman–Crippen LogP) is 7.22. The van der Waals surface area contributed by atoms with Crippen LogP contribution in [0.5, 0.6) is 17.2 Å². The molecule has 0 spiro atoms. The molecule has 0 saturated carbocycles. The topological polar surface area (TPSA) is 59.1 Å². The van der Waals surface area contributed by atoms with Crippen molar-refractivity contribution in [1.82, 2.24) is 9.88 Å². The number of ether oxygens (including phenoxy) is 3. The number of nitrogens with zero attached hydrogens (tertiary/aromatic N) is 3. The number of aryl methyl sites for hydroxylation is 1. The Kier molecular flexibility index (Phi) is 9.20. The van der Waals surface area contributed by atoms with Crippen molar-refractivity contribution >= 4 is 32.9 Å². The Bertz CT molecular complexity index is 1430. The molecule has 1 aliphatic heterocycles. The first-order valence-electron chi connectivity index (χ1n) is 14.5. The third kappa shape index (κ3) is 6.23. The zero-order chi connectivity index (χ0) is 28.9. The number of rotatable bonds is 11. The van der Waals surface area contributed by atoms with Crippen LogP contribution in [0.25, 0.3) is 20.8 Å². The maximum atomic E-state index is 5.59. The predicted molar refractivity (Wildman–Crippen MR) is 171 cm³/mol. The van der Waals surface area contributed by atoms with E-state index in [1.165, 1.54) is 28.8 Å². The summed E-state index contributed by atoms with van der Waals surface area (Å²) < 4.78 is 17.9. The highest BCUT2D eigenvalue weighted by molar-refractivity contribution is 7.21. The summed E-state index contributed by atoms with van der Waals surface area (Å²) in [6, 6.07) is 17.8. The molecular weight excluding hydrogens is 532 g/mol. The van der Waals surface area contributed by atoms with Crippen molar-refractivity contribution in [2.45, 2.75) is 46.2 Å². The largest absolute Gasteiger partial charge is 0.493 e. The average Bonchev–Trinajstić information content (AvgIpc) is 3.43. The van der Waals surface area contributed by atoms with Crippen LogP contribution in [0.4, 0.5) is 11.4 Å². The van der Waals surface area contributed by atoms with Crippen LogP contribution in [0.15, 0.2) is 48.5 Å². The molecule has 0 unspecified atom stereocenters. The Morgan fingerprint density at radius 1 is 0.927 bits per heavy atom. The van der Waals surface area contributed by atoms with E-state index in [0.29, 0.717) is 29.8 Å². The molecule has 218 valence electrons. The van der Waals surface area contributed by atoms with Gasteiger partial charge in [0.05, 0.1) is 42.9 Å². The second-order valence-electron chi connectivity index (χ2n) is 10.5. The Hall–Kier alpha value is -3.49. The van der Waals surface area contributed by atoms with Crippen LogP contribution < -0.4 is 24.4 Å². The minimum atomic E-state index is 0.600. The molecule has 0 aliphatic carbocycles. The third-order valence-electron chi connectivity index (χ3n) is 8.15. The van der Waals surface area contributed by atoms with E-state index in [1.807, 2.05) is 12.1 Å². The van der Waals surface area contributed by atoms with Gasteiger partial charge in [0.2, 0.25) is 5.75 Å². The molecule has 4 aromatic rings. The zero-order valence-corrected chi connectivity index (χ0v) is 25.9. The van der Waals surface area contributed by atoms with Crippen LogP contribution in [0, 0.1) is 6.92 Å². The van der Waals surface area contributed by atoms with Crippen LogP contribution in [0.2, 0.25) is 0 Å². The van der Waals surface area contributed by atoms with Crippen LogP contribution in [0.3, 0.4) is 0 Å². The molecule has 1 fully saturated rings. The standard InChI is InChI=1S/C33H42N4O3S/c1-7-36(8-2)25-13-15-37(16-14-25)28-20-31-27(35-33(41-31)24-11-9-22(3)10-12-24)19-26(28)34-21-23-17-29(38-4)32(40-6)30(18-23)39-5/h9-12,17-20,25,34H,7-8,13-16,21H2,1-6H3. The van der Waals surface area contributed by atoms with Crippen molar-refractivity contribution in [3.8, 4) is 27.8 Å². The van der Waals surface area contributed by atoms with Gasteiger partial charge in [0.25, 0.3) is 0 Å². The van der Waals surface area contributed by atoms with Crippen LogP contribution in [-0.4, -0.2) is 63.4 Å². The second kappa shape index (κ2) is 13.0. The number of fused-ring (bicyclic) bond motifs is 1. The molecule has 41 heavy (non-hydrogen) atoms. The summed E-state index contributed by atoms with van der Waals surface area (Å²) in [7, 11) is 4.93. The van der Waals surface area contributed by atoms with E-state index in [0.717, 1.165) is 53.5 Å². The maximum absolute atomic E-state index is 5.59. The van der Waals surface area contributed by atoms with E-state index in [1.54, 1.807) is 32.7 Å². The molecular formula is C33H42N4O3S. The summed E-state index contributed by atoms with van der Waals surface area (Å²) >= 11 is 1.76. The van der Waals surface area contributed by atoms with Gasteiger partial charge in [0.1, 0.15) is 5.01 Å². The third-order valence-corrected chi connectivity index (χ3v) is 9.21. The van der Waals surface area contributed by atoms with Crippen LogP contribution in [-0.2, 0) is 6.54 Å². The smallest absolute Gasteiger partial charge is 0.203 e. The number of benzene rings is 3. The molecule has 1 saturated heterocycles. The van der Waals surface area contributed by atoms with Gasteiger partial charge in [-0.15, -0.1) is 11.3 Å². The van der Waals surface area contributed by atoms with Crippen LogP contribution in [0.1, 0.15) is 37.8 Å². The van der Waals surface area contributed by atoms with Gasteiger partial charge in [-0.3, -0.25) is 0 Å². The first-order chi connectivity index (χ1) is 20.0. The van der Waals surface area contributed by atoms with Crippen LogP contribution >= 0.6 is 11.3 Å². The van der Waals surface area contributed by atoms with Gasteiger partial charge < -0.3 is 29.3 Å². The minimum Gasteiger partial charge on any atom is -0.493 e. The second-order valence-corrected chi connectivity index (χ2v) is 11.6. The minimum absolute atomic E-state index is 0.600. The number of thiazole rings is 1. The Labute approximate surface area is 248 Å². The molecule has 3 aromatic carbocycles. The van der Waals surface area contributed by atoms with Gasteiger partial charge in [0.15, 0.2) is 11.5 Å².